The molecule has 0 radical (unpaired) electrons. The predicted octanol–water partition coefficient (Wildman–Crippen LogP) is 2.02. The third-order valence-corrected chi connectivity index (χ3v) is 3.86. The van der Waals surface area contributed by atoms with Crippen LogP contribution in [0.5, 0.6) is 5.75 Å². The maximum absolute atomic E-state index is 11.7. The van der Waals surface area contributed by atoms with E-state index in [1.54, 1.807) is 7.05 Å². The van der Waals surface area contributed by atoms with Crippen LogP contribution in [0.4, 0.5) is 11.4 Å². The Bertz CT molecular complexity index is 482. The maximum atomic E-state index is 11.7. The van der Waals surface area contributed by atoms with Gasteiger partial charge in [-0.15, -0.1) is 0 Å². The Morgan fingerprint density at radius 3 is 2.71 bits per heavy atom. The summed E-state index contributed by atoms with van der Waals surface area (Å²) in [5.74, 6) is 1.09. The van der Waals surface area contributed by atoms with Crippen molar-refractivity contribution in [2.45, 2.75) is 26.2 Å². The van der Waals surface area contributed by atoms with Crippen molar-refractivity contribution < 1.29 is 9.53 Å². The molecular formula is C16H25N3O2. The van der Waals surface area contributed by atoms with Crippen molar-refractivity contribution in [3.05, 3.63) is 18.2 Å². The van der Waals surface area contributed by atoms with Gasteiger partial charge in [0.25, 0.3) is 0 Å². The number of benzene rings is 1. The monoisotopic (exact) mass is 291 g/mol. The van der Waals surface area contributed by atoms with Crippen LogP contribution in [0.2, 0.25) is 0 Å². The van der Waals surface area contributed by atoms with Gasteiger partial charge in [0, 0.05) is 49.6 Å². The number of anilines is 2. The van der Waals surface area contributed by atoms with Gasteiger partial charge in [-0.2, -0.15) is 0 Å². The van der Waals surface area contributed by atoms with E-state index in [9.17, 15) is 4.79 Å². The highest BCUT2D eigenvalue weighted by atomic mass is 16.5. The average molecular weight is 291 g/mol. The number of carbonyl (C=O) groups is 1. The summed E-state index contributed by atoms with van der Waals surface area (Å²) < 4.78 is 5.67. The van der Waals surface area contributed by atoms with E-state index < -0.39 is 0 Å². The van der Waals surface area contributed by atoms with E-state index in [0.29, 0.717) is 12.3 Å². The molecular weight excluding hydrogens is 266 g/mol. The number of ether oxygens (including phenoxy) is 1. The van der Waals surface area contributed by atoms with Gasteiger partial charge in [-0.05, 0) is 25.3 Å². The second-order valence-electron chi connectivity index (χ2n) is 5.48. The Labute approximate surface area is 126 Å². The van der Waals surface area contributed by atoms with Crippen molar-refractivity contribution in [3.63, 3.8) is 0 Å². The fourth-order valence-corrected chi connectivity index (χ4v) is 2.70. The van der Waals surface area contributed by atoms with E-state index in [1.807, 2.05) is 18.2 Å². The van der Waals surface area contributed by atoms with Gasteiger partial charge in [0.1, 0.15) is 5.75 Å². The first-order chi connectivity index (χ1) is 10.1. The molecule has 1 fully saturated rings. The highest BCUT2D eigenvalue weighted by Gasteiger charge is 2.24. The number of hydrogen-bond donors (Lipinski definition) is 2. The fourth-order valence-electron chi connectivity index (χ4n) is 2.70. The van der Waals surface area contributed by atoms with Crippen molar-refractivity contribution in [1.82, 2.24) is 5.32 Å². The molecule has 0 aromatic heterocycles. The number of hydrogen-bond acceptors (Lipinski definition) is 4. The smallest absolute Gasteiger partial charge is 0.222 e. The van der Waals surface area contributed by atoms with E-state index in [1.165, 1.54) is 0 Å². The van der Waals surface area contributed by atoms with Gasteiger partial charge in [0.2, 0.25) is 5.91 Å². The fraction of sp³-hybridized carbons (Fsp3) is 0.562. The molecule has 2 rings (SSSR count). The van der Waals surface area contributed by atoms with Gasteiger partial charge >= 0.3 is 0 Å². The SMILES string of the molecule is CCCOc1cc(N)cc(N2CCC(C(=O)NC)CC2)c1. The first-order valence-corrected chi connectivity index (χ1v) is 7.64. The molecule has 1 aromatic rings. The van der Waals surface area contributed by atoms with Crippen LogP contribution in [-0.2, 0) is 4.79 Å². The van der Waals surface area contributed by atoms with E-state index in [2.05, 4.69) is 17.1 Å². The normalized spacial score (nSPS) is 15.8. The van der Waals surface area contributed by atoms with E-state index in [-0.39, 0.29) is 11.8 Å². The van der Waals surface area contributed by atoms with Gasteiger partial charge in [0.15, 0.2) is 0 Å². The van der Waals surface area contributed by atoms with Crippen LogP contribution in [0.1, 0.15) is 26.2 Å². The predicted molar refractivity (Wildman–Crippen MR) is 85.6 cm³/mol. The first kappa shape index (κ1) is 15.5. The van der Waals surface area contributed by atoms with Crippen molar-refractivity contribution in [1.29, 1.82) is 0 Å². The van der Waals surface area contributed by atoms with Crippen LogP contribution >= 0.6 is 0 Å². The maximum Gasteiger partial charge on any atom is 0.222 e. The molecule has 0 spiro atoms. The molecule has 0 bridgehead atoms. The van der Waals surface area contributed by atoms with E-state index in [0.717, 1.165) is 43.8 Å². The molecule has 0 unspecified atom stereocenters. The summed E-state index contributed by atoms with van der Waals surface area (Å²) in [6.45, 7) is 4.52. The highest BCUT2D eigenvalue weighted by Crippen LogP contribution is 2.29. The Morgan fingerprint density at radius 1 is 1.38 bits per heavy atom. The number of amides is 1. The third kappa shape index (κ3) is 4.03. The molecule has 1 aliphatic heterocycles. The van der Waals surface area contributed by atoms with Crippen LogP contribution in [0.15, 0.2) is 18.2 Å². The molecule has 0 aliphatic carbocycles. The number of carbonyl (C=O) groups excluding carboxylic acids is 1. The minimum absolute atomic E-state index is 0.128. The molecule has 0 atom stereocenters. The molecule has 5 heteroatoms. The van der Waals surface area contributed by atoms with Gasteiger partial charge < -0.3 is 20.7 Å². The molecule has 1 amide bonds. The van der Waals surface area contributed by atoms with Crippen LogP contribution in [0.3, 0.4) is 0 Å². The molecule has 116 valence electrons. The minimum Gasteiger partial charge on any atom is -0.493 e. The third-order valence-electron chi connectivity index (χ3n) is 3.86. The van der Waals surface area contributed by atoms with Crippen LogP contribution in [0, 0.1) is 5.92 Å². The summed E-state index contributed by atoms with van der Waals surface area (Å²) in [5.41, 5.74) is 7.76. The van der Waals surface area contributed by atoms with E-state index >= 15 is 0 Å². The van der Waals surface area contributed by atoms with Crippen LogP contribution in [-0.4, -0.2) is 32.7 Å². The summed E-state index contributed by atoms with van der Waals surface area (Å²) in [6.07, 6.45) is 2.72. The lowest BCUT2D eigenvalue weighted by Gasteiger charge is -2.33. The number of nitrogens with two attached hydrogens (primary N) is 1. The number of nitrogen functional groups attached to an aromatic ring is 1. The topological polar surface area (TPSA) is 67.6 Å². The van der Waals surface area contributed by atoms with Gasteiger partial charge in [0.05, 0.1) is 6.61 Å². The lowest BCUT2D eigenvalue weighted by molar-refractivity contribution is -0.125. The summed E-state index contributed by atoms with van der Waals surface area (Å²) in [6, 6.07) is 5.86. The Hall–Kier alpha value is -1.91. The summed E-state index contributed by atoms with van der Waals surface area (Å²) in [5, 5.41) is 2.73. The Balaban J connectivity index is 2.02. The number of piperidine rings is 1. The Morgan fingerprint density at radius 2 is 2.10 bits per heavy atom. The molecule has 1 aliphatic rings. The second kappa shape index (κ2) is 7.20. The number of nitrogens with one attached hydrogen (secondary N) is 1. The Kier molecular flexibility index (Phi) is 5.31. The zero-order chi connectivity index (χ0) is 15.2. The largest absolute Gasteiger partial charge is 0.493 e. The summed E-state index contributed by atoms with van der Waals surface area (Å²) in [4.78, 5) is 13.9. The number of rotatable bonds is 5. The molecule has 1 heterocycles. The van der Waals surface area contributed by atoms with Crippen molar-refractivity contribution in [2.75, 3.05) is 37.4 Å². The van der Waals surface area contributed by atoms with Gasteiger partial charge in [-0.25, -0.2) is 0 Å². The lowest BCUT2D eigenvalue weighted by atomic mass is 9.95. The van der Waals surface area contributed by atoms with Crippen molar-refractivity contribution in [3.8, 4) is 5.75 Å². The van der Waals surface area contributed by atoms with E-state index in [4.69, 9.17) is 10.5 Å². The van der Waals surface area contributed by atoms with Crippen LogP contribution < -0.4 is 20.7 Å². The van der Waals surface area contributed by atoms with Crippen molar-refractivity contribution in [2.24, 2.45) is 5.92 Å². The zero-order valence-corrected chi connectivity index (χ0v) is 12.9. The summed E-state index contributed by atoms with van der Waals surface area (Å²) >= 11 is 0. The quantitative estimate of drug-likeness (QED) is 0.815. The average Bonchev–Trinajstić information content (AvgIpc) is 2.51. The first-order valence-electron chi connectivity index (χ1n) is 7.64. The molecule has 5 nitrogen and oxygen atoms in total. The molecule has 1 saturated heterocycles. The van der Waals surface area contributed by atoms with Crippen molar-refractivity contribution >= 4 is 17.3 Å². The minimum atomic E-state index is 0.128. The highest BCUT2D eigenvalue weighted by molar-refractivity contribution is 5.78. The molecule has 21 heavy (non-hydrogen) atoms. The lowest BCUT2D eigenvalue weighted by Crippen LogP contribution is -2.39. The molecule has 0 saturated carbocycles. The van der Waals surface area contributed by atoms with Gasteiger partial charge in [-0.1, -0.05) is 6.92 Å². The molecule has 1 aromatic carbocycles. The summed E-state index contributed by atoms with van der Waals surface area (Å²) in [7, 11) is 1.70. The van der Waals surface area contributed by atoms with Crippen LogP contribution in [0.25, 0.3) is 0 Å². The molecule has 3 N–H and O–H groups in total. The van der Waals surface area contributed by atoms with Gasteiger partial charge in [-0.3, -0.25) is 4.79 Å². The number of nitrogens with zero attached hydrogens (tertiary/aromatic N) is 1. The standard InChI is InChI=1S/C16H25N3O2/c1-3-8-21-15-10-13(17)9-14(11-15)19-6-4-12(5-7-19)16(20)18-2/h9-12H,3-8,17H2,1-2H3,(H,18,20). The second-order valence-corrected chi connectivity index (χ2v) is 5.48. The zero-order valence-electron chi connectivity index (χ0n) is 12.9.